The van der Waals surface area contributed by atoms with Crippen molar-refractivity contribution in [1.29, 1.82) is 0 Å². The molecule has 0 aliphatic carbocycles. The number of nitrogens with one attached hydrogen (secondary N) is 1. The molecule has 0 aromatic carbocycles. The summed E-state index contributed by atoms with van der Waals surface area (Å²) in [5.74, 6) is -0.178. The van der Waals surface area contributed by atoms with E-state index in [1.165, 1.54) is 161 Å². The molecule has 0 saturated carbocycles. The summed E-state index contributed by atoms with van der Waals surface area (Å²) in [5.41, 5.74) is 0. The molecule has 0 aromatic heterocycles. The van der Waals surface area contributed by atoms with Crippen LogP contribution in [0, 0.1) is 0 Å². The molecule has 1 amide bonds. The number of carbonyl (C=O) groups excluding carboxylic acids is 2. The van der Waals surface area contributed by atoms with Gasteiger partial charge in [0.25, 0.3) is 0 Å². The second-order valence-corrected chi connectivity index (χ2v) is 17.1. The number of hydrogen-bond acceptors (Lipinski definition) is 5. The highest BCUT2D eigenvalue weighted by atomic mass is 16.5. The lowest BCUT2D eigenvalue weighted by molar-refractivity contribution is -0.143. The van der Waals surface area contributed by atoms with Gasteiger partial charge in [0.15, 0.2) is 0 Å². The van der Waals surface area contributed by atoms with E-state index in [9.17, 15) is 19.8 Å². The number of carbonyl (C=O) groups is 2. The fraction of sp³-hybridized carbons (Fsp3) is 0.846. The molecule has 0 heterocycles. The van der Waals surface area contributed by atoms with Crippen molar-refractivity contribution in [3.05, 3.63) is 36.5 Å². The normalized spacial score (nSPS) is 13.0. The minimum atomic E-state index is -0.876. The van der Waals surface area contributed by atoms with Gasteiger partial charge < -0.3 is 20.3 Å². The van der Waals surface area contributed by atoms with Crippen molar-refractivity contribution in [1.82, 2.24) is 5.32 Å². The summed E-state index contributed by atoms with van der Waals surface area (Å²) in [6.45, 7) is 4.77. The molecular weight excluding hydrogens is 719 g/mol. The van der Waals surface area contributed by atoms with E-state index < -0.39 is 12.1 Å². The first-order chi connectivity index (χ1) is 28.5. The molecule has 0 radical (unpaired) electrons. The highest BCUT2D eigenvalue weighted by molar-refractivity contribution is 5.76. The maximum absolute atomic E-state index is 12.4. The molecule has 340 valence electrons. The molecule has 2 atom stereocenters. The standard InChI is InChI=1S/C52H97NO5/c1-3-5-7-9-11-13-15-16-17-18-19-20-21-22-23-24-26-28-32-36-40-44-50(55)49(48-54)53-51(56)45-41-37-33-29-27-31-35-39-43-47-58-52(57)46-42-38-34-30-25-14-12-10-8-6-4-2/h10,12,29,33,40,44,49-50,54-55H,3-9,11,13-28,30-32,34-39,41-43,45-48H2,1-2H3,(H,53,56)/b12-10-,33-29-,44-40+. The van der Waals surface area contributed by atoms with Crippen LogP contribution in [0.15, 0.2) is 36.5 Å². The van der Waals surface area contributed by atoms with Crippen LogP contribution in [0.5, 0.6) is 0 Å². The SMILES string of the molecule is CCCC/C=C\CCCCCCCC(=O)OCCCCCC/C=C\CCCC(=O)NC(CO)C(O)/C=C/CCCCCCCCCCCCCCCCCCCCC. The summed E-state index contributed by atoms with van der Waals surface area (Å²) < 4.78 is 5.41. The van der Waals surface area contributed by atoms with Crippen molar-refractivity contribution in [2.45, 2.75) is 270 Å². The Labute approximate surface area is 360 Å². The average molecular weight is 816 g/mol. The lowest BCUT2D eigenvalue weighted by atomic mass is 10.0. The average Bonchev–Trinajstić information content (AvgIpc) is 3.22. The molecule has 0 spiro atoms. The predicted octanol–water partition coefficient (Wildman–Crippen LogP) is 14.9. The van der Waals surface area contributed by atoms with E-state index in [4.69, 9.17) is 4.74 Å². The Morgan fingerprint density at radius 2 is 0.845 bits per heavy atom. The molecule has 3 N–H and O–H groups in total. The smallest absolute Gasteiger partial charge is 0.305 e. The molecule has 2 unspecified atom stereocenters. The second kappa shape index (κ2) is 47.8. The van der Waals surface area contributed by atoms with E-state index in [1.54, 1.807) is 6.08 Å². The third-order valence-corrected chi connectivity index (χ3v) is 11.4. The number of unbranched alkanes of at least 4 members (excludes halogenated alkanes) is 31. The van der Waals surface area contributed by atoms with Crippen LogP contribution in [0.4, 0.5) is 0 Å². The minimum absolute atomic E-state index is 0.0494. The zero-order valence-electron chi connectivity index (χ0n) is 38.5. The lowest BCUT2D eigenvalue weighted by Crippen LogP contribution is -2.45. The highest BCUT2D eigenvalue weighted by Gasteiger charge is 2.17. The monoisotopic (exact) mass is 816 g/mol. The Hall–Kier alpha value is -1.92. The molecular formula is C52H97NO5. The maximum Gasteiger partial charge on any atom is 0.305 e. The molecule has 58 heavy (non-hydrogen) atoms. The van der Waals surface area contributed by atoms with E-state index in [1.807, 2.05) is 6.08 Å². The fourth-order valence-corrected chi connectivity index (χ4v) is 7.44. The molecule has 0 aliphatic heterocycles. The first kappa shape index (κ1) is 56.1. The number of ether oxygens (including phenoxy) is 1. The zero-order chi connectivity index (χ0) is 42.3. The summed E-state index contributed by atoms with van der Waals surface area (Å²) in [6, 6.07) is -0.666. The summed E-state index contributed by atoms with van der Waals surface area (Å²) in [5, 5.41) is 23.0. The summed E-state index contributed by atoms with van der Waals surface area (Å²) in [4.78, 5) is 24.4. The van der Waals surface area contributed by atoms with E-state index in [0.717, 1.165) is 70.6 Å². The molecule has 0 bridgehead atoms. The van der Waals surface area contributed by atoms with Crippen LogP contribution in [-0.4, -0.2) is 47.4 Å². The molecule has 0 rings (SSSR count). The number of amides is 1. The molecule has 6 nitrogen and oxygen atoms in total. The Bertz CT molecular complexity index is 946. The van der Waals surface area contributed by atoms with Crippen LogP contribution in [0.3, 0.4) is 0 Å². The maximum atomic E-state index is 12.4. The van der Waals surface area contributed by atoms with Gasteiger partial charge in [-0.3, -0.25) is 9.59 Å². The Morgan fingerprint density at radius 3 is 1.31 bits per heavy atom. The molecule has 6 heteroatoms. The predicted molar refractivity (Wildman–Crippen MR) is 250 cm³/mol. The van der Waals surface area contributed by atoms with Gasteiger partial charge in [-0.05, 0) is 70.6 Å². The van der Waals surface area contributed by atoms with E-state index in [0.29, 0.717) is 19.4 Å². The summed E-state index contributed by atoms with van der Waals surface area (Å²) in [7, 11) is 0. The van der Waals surface area contributed by atoms with Gasteiger partial charge >= 0.3 is 5.97 Å². The minimum Gasteiger partial charge on any atom is -0.466 e. The highest BCUT2D eigenvalue weighted by Crippen LogP contribution is 2.16. The lowest BCUT2D eigenvalue weighted by Gasteiger charge is -2.19. The van der Waals surface area contributed by atoms with Crippen LogP contribution < -0.4 is 5.32 Å². The van der Waals surface area contributed by atoms with Gasteiger partial charge in [0.05, 0.1) is 25.4 Å². The Morgan fingerprint density at radius 1 is 0.466 bits per heavy atom. The fourth-order valence-electron chi connectivity index (χ4n) is 7.44. The quantitative estimate of drug-likeness (QED) is 0.0323. The third kappa shape index (κ3) is 43.7. The van der Waals surface area contributed by atoms with Gasteiger partial charge in [-0.2, -0.15) is 0 Å². The van der Waals surface area contributed by atoms with Gasteiger partial charge in [0.2, 0.25) is 5.91 Å². The number of aliphatic hydroxyl groups excluding tert-OH is 2. The molecule has 0 saturated heterocycles. The van der Waals surface area contributed by atoms with Crippen molar-refractivity contribution < 1.29 is 24.5 Å². The first-order valence-electron chi connectivity index (χ1n) is 25.3. The van der Waals surface area contributed by atoms with Gasteiger partial charge in [-0.1, -0.05) is 211 Å². The third-order valence-electron chi connectivity index (χ3n) is 11.4. The van der Waals surface area contributed by atoms with Gasteiger partial charge in [0.1, 0.15) is 0 Å². The number of hydrogen-bond donors (Lipinski definition) is 3. The van der Waals surface area contributed by atoms with E-state index in [2.05, 4.69) is 43.5 Å². The van der Waals surface area contributed by atoms with E-state index >= 15 is 0 Å². The van der Waals surface area contributed by atoms with Crippen molar-refractivity contribution in [2.75, 3.05) is 13.2 Å². The van der Waals surface area contributed by atoms with Crippen molar-refractivity contribution in [3.8, 4) is 0 Å². The topological polar surface area (TPSA) is 95.9 Å². The first-order valence-corrected chi connectivity index (χ1v) is 25.3. The number of esters is 1. The van der Waals surface area contributed by atoms with Gasteiger partial charge in [-0.25, -0.2) is 0 Å². The van der Waals surface area contributed by atoms with Gasteiger partial charge in [-0.15, -0.1) is 0 Å². The van der Waals surface area contributed by atoms with E-state index in [-0.39, 0.29) is 18.5 Å². The summed E-state index contributed by atoms with van der Waals surface area (Å²) >= 11 is 0. The summed E-state index contributed by atoms with van der Waals surface area (Å²) in [6.07, 6.45) is 57.3. The van der Waals surface area contributed by atoms with Crippen LogP contribution in [0.25, 0.3) is 0 Å². The van der Waals surface area contributed by atoms with Crippen molar-refractivity contribution in [3.63, 3.8) is 0 Å². The van der Waals surface area contributed by atoms with Gasteiger partial charge in [0, 0.05) is 12.8 Å². The van der Waals surface area contributed by atoms with Crippen LogP contribution in [0.1, 0.15) is 258 Å². The molecule has 0 aliphatic rings. The molecule has 0 aromatic rings. The largest absolute Gasteiger partial charge is 0.466 e. The zero-order valence-corrected chi connectivity index (χ0v) is 38.5. The number of allylic oxidation sites excluding steroid dienone is 5. The van der Waals surface area contributed by atoms with Crippen LogP contribution in [0.2, 0.25) is 0 Å². The van der Waals surface area contributed by atoms with Crippen molar-refractivity contribution in [2.24, 2.45) is 0 Å². The van der Waals surface area contributed by atoms with Crippen LogP contribution in [-0.2, 0) is 14.3 Å². The second-order valence-electron chi connectivity index (χ2n) is 17.1. The molecule has 0 fully saturated rings. The number of aliphatic hydroxyl groups is 2. The Kier molecular flexibility index (Phi) is 46.2. The number of rotatable bonds is 46. The Balaban J connectivity index is 3.59. The van der Waals surface area contributed by atoms with Crippen LogP contribution >= 0.6 is 0 Å². The van der Waals surface area contributed by atoms with Crippen molar-refractivity contribution >= 4 is 11.9 Å².